The van der Waals surface area contributed by atoms with Crippen LogP contribution < -0.4 is 10.6 Å². The minimum absolute atomic E-state index is 0. The highest BCUT2D eigenvalue weighted by molar-refractivity contribution is 6.03. The topological polar surface area (TPSA) is 133 Å². The molecule has 4 aromatic rings. The molecule has 0 saturated carbocycles. The van der Waals surface area contributed by atoms with E-state index in [1.165, 1.54) is 23.6 Å². The summed E-state index contributed by atoms with van der Waals surface area (Å²) < 4.78 is 36.9. The van der Waals surface area contributed by atoms with Gasteiger partial charge in [0, 0.05) is 34.4 Å². The van der Waals surface area contributed by atoms with Crippen molar-refractivity contribution in [1.82, 2.24) is 35.0 Å². The van der Waals surface area contributed by atoms with Crippen LogP contribution in [0.5, 0.6) is 0 Å². The van der Waals surface area contributed by atoms with Crippen LogP contribution in [-0.4, -0.2) is 61.5 Å². The summed E-state index contributed by atoms with van der Waals surface area (Å²) in [7, 11) is 1.16. The Bertz CT molecular complexity index is 1690. The van der Waals surface area contributed by atoms with Gasteiger partial charge in [-0.15, -0.1) is 0 Å². The number of hydrogen-bond donors (Lipinski definition) is 2. The van der Waals surface area contributed by atoms with E-state index in [1.807, 2.05) is 27.7 Å². The highest BCUT2D eigenvalue weighted by Gasteiger charge is 2.55. The van der Waals surface area contributed by atoms with Gasteiger partial charge in [0.25, 0.3) is 5.91 Å². The predicted octanol–water partition coefficient (Wildman–Crippen LogP) is 5.22. The molecule has 46 heavy (non-hydrogen) atoms. The van der Waals surface area contributed by atoms with Crippen molar-refractivity contribution >= 4 is 23.4 Å². The maximum atomic E-state index is 15.1. The monoisotopic (exact) mass is 641 g/mol. The number of ether oxygens (including phenoxy) is 1. The average Bonchev–Trinajstić information content (AvgIpc) is 3.71. The SMILES string of the molecule is CC.CC[C@@H](c1ccc(F)cc1)C(NC(=O)c1ccnn1CC)c1cn2nc(CC3(C(=O)OC)CC(C)(F)CNC3=O)ccc2n1.[HH].[HH]. The van der Waals surface area contributed by atoms with Gasteiger partial charge in [0.1, 0.15) is 17.2 Å². The number of methoxy groups -OCH3 is 1. The fraction of sp³-hybridized carbons (Fsp3) is 0.455. The zero-order valence-corrected chi connectivity index (χ0v) is 27.0. The van der Waals surface area contributed by atoms with E-state index in [1.54, 1.807) is 47.4 Å². The van der Waals surface area contributed by atoms with Gasteiger partial charge >= 0.3 is 5.97 Å². The molecule has 5 rings (SSSR count). The van der Waals surface area contributed by atoms with E-state index in [2.05, 4.69) is 20.8 Å². The van der Waals surface area contributed by atoms with Crippen LogP contribution in [0, 0.1) is 11.2 Å². The Balaban J connectivity index is 0.00000196. The number of carbonyl (C=O) groups is 3. The lowest BCUT2D eigenvalue weighted by Gasteiger charge is -2.39. The minimum atomic E-state index is -1.82. The molecule has 3 aromatic heterocycles. The van der Waals surface area contributed by atoms with E-state index >= 15 is 4.39 Å². The number of esters is 1. The lowest BCUT2D eigenvalue weighted by molar-refractivity contribution is -0.165. The van der Waals surface area contributed by atoms with E-state index in [-0.39, 0.29) is 39.9 Å². The molecule has 4 atom stereocenters. The zero-order chi connectivity index (χ0) is 33.6. The highest BCUT2D eigenvalue weighted by Crippen LogP contribution is 2.39. The molecule has 0 aliphatic carbocycles. The van der Waals surface area contributed by atoms with Crippen LogP contribution in [0.25, 0.3) is 5.65 Å². The van der Waals surface area contributed by atoms with Crippen molar-refractivity contribution < 1.29 is 30.8 Å². The van der Waals surface area contributed by atoms with Crippen molar-refractivity contribution in [2.24, 2.45) is 5.41 Å². The maximum absolute atomic E-state index is 15.1. The van der Waals surface area contributed by atoms with E-state index in [0.717, 1.165) is 12.7 Å². The van der Waals surface area contributed by atoms with Crippen LogP contribution in [0.4, 0.5) is 8.78 Å². The summed E-state index contributed by atoms with van der Waals surface area (Å²) in [4.78, 5) is 44.1. The molecule has 3 unspecified atom stereocenters. The number of fused-ring (bicyclic) bond motifs is 1. The third-order valence-corrected chi connectivity index (χ3v) is 8.17. The van der Waals surface area contributed by atoms with Crippen LogP contribution in [0.2, 0.25) is 0 Å². The normalized spacial score (nSPS) is 20.7. The lowest BCUT2D eigenvalue weighted by Crippen LogP contribution is -2.59. The largest absolute Gasteiger partial charge is 0.468 e. The first kappa shape index (κ1) is 34.2. The number of hydrogen-bond acceptors (Lipinski definition) is 7. The molecule has 1 aliphatic heterocycles. The Morgan fingerprint density at radius 3 is 2.52 bits per heavy atom. The number of amides is 2. The number of benzene rings is 1. The third kappa shape index (κ3) is 6.92. The van der Waals surface area contributed by atoms with Crippen molar-refractivity contribution in [3.63, 3.8) is 0 Å². The summed E-state index contributed by atoms with van der Waals surface area (Å²) in [5, 5.41) is 14.4. The second kappa shape index (κ2) is 14.2. The number of aryl methyl sites for hydroxylation is 1. The quantitative estimate of drug-likeness (QED) is 0.179. The molecular weight excluding hydrogens is 596 g/mol. The Kier molecular flexibility index (Phi) is 10.5. The molecule has 11 nitrogen and oxygen atoms in total. The van der Waals surface area contributed by atoms with Gasteiger partial charge in [0.15, 0.2) is 11.1 Å². The van der Waals surface area contributed by atoms with Crippen molar-refractivity contribution in [3.05, 3.63) is 83.3 Å². The summed E-state index contributed by atoms with van der Waals surface area (Å²) in [6, 6.07) is 10.4. The molecule has 2 amide bonds. The number of nitrogens with one attached hydrogen (secondary N) is 2. The van der Waals surface area contributed by atoms with Crippen molar-refractivity contribution in [1.29, 1.82) is 0 Å². The fourth-order valence-corrected chi connectivity index (χ4v) is 6.02. The molecule has 2 N–H and O–H groups in total. The van der Waals surface area contributed by atoms with Gasteiger partial charge in [-0.1, -0.05) is 32.9 Å². The van der Waals surface area contributed by atoms with E-state index < -0.39 is 29.0 Å². The number of carbonyl (C=O) groups excluding carboxylic acids is 3. The Labute approximate surface area is 269 Å². The number of alkyl halides is 1. The van der Waals surface area contributed by atoms with E-state index in [4.69, 9.17) is 9.72 Å². The Hall–Kier alpha value is -4.68. The smallest absolute Gasteiger partial charge is 0.321 e. The Morgan fingerprint density at radius 2 is 1.87 bits per heavy atom. The molecule has 0 radical (unpaired) electrons. The lowest BCUT2D eigenvalue weighted by atomic mass is 9.71. The summed E-state index contributed by atoms with van der Waals surface area (Å²) in [5.74, 6) is -2.46. The molecule has 1 aromatic carbocycles. The third-order valence-electron chi connectivity index (χ3n) is 8.17. The van der Waals surface area contributed by atoms with Crippen molar-refractivity contribution in [2.45, 2.75) is 78.1 Å². The van der Waals surface area contributed by atoms with Crippen molar-refractivity contribution in [2.75, 3.05) is 13.7 Å². The summed E-state index contributed by atoms with van der Waals surface area (Å²) in [5.41, 5.74) is -1.13. The maximum Gasteiger partial charge on any atom is 0.321 e. The molecule has 4 heterocycles. The number of halogens is 2. The summed E-state index contributed by atoms with van der Waals surface area (Å²) in [6.07, 6.45) is 3.27. The van der Waals surface area contributed by atoms with Gasteiger partial charge in [-0.2, -0.15) is 10.2 Å². The first-order chi connectivity index (χ1) is 22.0. The molecule has 0 spiro atoms. The number of rotatable bonds is 10. The van der Waals surface area contributed by atoms with Gasteiger partial charge in [-0.05, 0) is 56.2 Å². The second-order valence-corrected chi connectivity index (χ2v) is 11.4. The van der Waals surface area contributed by atoms with Gasteiger partial charge in [-0.3, -0.25) is 19.1 Å². The fourth-order valence-electron chi connectivity index (χ4n) is 6.02. The number of piperidine rings is 1. The molecule has 1 aliphatic rings. The van der Waals surface area contributed by atoms with Gasteiger partial charge in [-0.25, -0.2) is 18.3 Å². The number of aromatic nitrogens is 5. The molecule has 1 fully saturated rings. The first-order valence-electron chi connectivity index (χ1n) is 15.5. The van der Waals surface area contributed by atoms with Crippen LogP contribution in [0.15, 0.2) is 54.9 Å². The van der Waals surface area contributed by atoms with Gasteiger partial charge in [0.05, 0.1) is 37.3 Å². The highest BCUT2D eigenvalue weighted by atomic mass is 19.1. The molecular formula is C33H45F2N7O4. The number of imidazole rings is 1. The van der Waals surface area contributed by atoms with Crippen LogP contribution >= 0.6 is 0 Å². The molecule has 250 valence electrons. The standard InChI is InChI=1S/C31H35F2N7O4.C2H6.2H2/c1-5-22(19-7-9-20(32)10-8-19)26(37-27(41)24-13-14-35-39(24)6-2)23-16-40-25(36-23)12-11-21(38-40)15-31(29(43)44-4)17-30(3,33)18-34-28(31)42;1-2;;/h7-14,16,22,26H,5-6,15,17-18H2,1-4H3,(H,34,42)(H,37,41);1-2H3;2*1H/t22-,26?,30?,31?;;;/m0.../s1. The first-order valence-corrected chi connectivity index (χ1v) is 15.5. The summed E-state index contributed by atoms with van der Waals surface area (Å²) >= 11 is 0. The average molecular weight is 642 g/mol. The second-order valence-electron chi connectivity index (χ2n) is 11.4. The van der Waals surface area contributed by atoms with Crippen molar-refractivity contribution in [3.8, 4) is 0 Å². The molecule has 13 heteroatoms. The Morgan fingerprint density at radius 1 is 1.15 bits per heavy atom. The van der Waals surface area contributed by atoms with Gasteiger partial charge < -0.3 is 15.4 Å². The van der Waals surface area contributed by atoms with Crippen LogP contribution in [-0.2, 0) is 27.3 Å². The molecule has 1 saturated heterocycles. The van der Waals surface area contributed by atoms with E-state index in [9.17, 15) is 18.8 Å². The summed E-state index contributed by atoms with van der Waals surface area (Å²) in [6.45, 7) is 9.48. The molecule has 0 bridgehead atoms. The van der Waals surface area contributed by atoms with Crippen LogP contribution in [0.3, 0.4) is 0 Å². The predicted molar refractivity (Wildman–Crippen MR) is 171 cm³/mol. The number of nitrogens with zero attached hydrogens (tertiary/aromatic N) is 5. The minimum Gasteiger partial charge on any atom is -0.468 e. The zero-order valence-electron chi connectivity index (χ0n) is 27.0. The van der Waals surface area contributed by atoms with E-state index in [0.29, 0.717) is 35.7 Å². The van der Waals surface area contributed by atoms with Gasteiger partial charge in [0.2, 0.25) is 5.91 Å². The van der Waals surface area contributed by atoms with Crippen LogP contribution in [0.1, 0.15) is 89.7 Å².